The highest BCUT2D eigenvalue weighted by molar-refractivity contribution is 9.10. The highest BCUT2D eigenvalue weighted by Gasteiger charge is 2.19. The molecule has 0 aliphatic rings. The Hall–Kier alpha value is -2.48. The number of nitro groups is 1. The predicted molar refractivity (Wildman–Crippen MR) is 92.1 cm³/mol. The Morgan fingerprint density at radius 3 is 2.54 bits per heavy atom. The molecule has 2 rings (SSSR count). The van der Waals surface area contributed by atoms with Gasteiger partial charge in [0, 0.05) is 17.1 Å². The molecule has 24 heavy (non-hydrogen) atoms. The van der Waals surface area contributed by atoms with Crippen LogP contribution in [0, 0.1) is 21.8 Å². The van der Waals surface area contributed by atoms with E-state index in [0.29, 0.717) is 16.6 Å². The molecule has 0 fully saturated rings. The molecule has 2 aromatic carbocycles. The molecule has 0 saturated heterocycles. The molecule has 0 radical (unpaired) electrons. The average Bonchev–Trinajstić information content (AvgIpc) is 2.52. The lowest BCUT2D eigenvalue weighted by Gasteiger charge is -2.15. The predicted octanol–water partition coefficient (Wildman–Crippen LogP) is 3.25. The topological polar surface area (TPSA) is 98.3 Å². The molecule has 0 saturated carbocycles. The first-order chi connectivity index (χ1) is 11.4. The van der Waals surface area contributed by atoms with Crippen LogP contribution in [0.2, 0.25) is 0 Å². The van der Waals surface area contributed by atoms with E-state index in [-0.39, 0.29) is 18.0 Å². The van der Waals surface area contributed by atoms with Gasteiger partial charge in [-0.05, 0) is 36.2 Å². The van der Waals surface area contributed by atoms with Crippen LogP contribution in [-0.4, -0.2) is 17.4 Å². The number of nitro benzene ring substituents is 1. The molecule has 0 heterocycles. The fraction of sp³-hybridized carbons (Fsp3) is 0.188. The van der Waals surface area contributed by atoms with Gasteiger partial charge in [-0.15, -0.1) is 0 Å². The van der Waals surface area contributed by atoms with E-state index in [1.54, 1.807) is 24.3 Å². The van der Waals surface area contributed by atoms with E-state index in [1.807, 2.05) is 0 Å². The molecular formula is C16H15BrFN3O3. The summed E-state index contributed by atoms with van der Waals surface area (Å²) >= 11 is 3.25. The molecule has 1 amide bonds. The van der Waals surface area contributed by atoms with Crippen molar-refractivity contribution in [2.45, 2.75) is 6.42 Å². The summed E-state index contributed by atoms with van der Waals surface area (Å²) in [6, 6.07) is 10.3. The van der Waals surface area contributed by atoms with Crippen molar-refractivity contribution in [2.75, 3.05) is 11.9 Å². The maximum Gasteiger partial charge on any atom is 0.292 e. The Morgan fingerprint density at radius 2 is 1.96 bits per heavy atom. The molecule has 0 aliphatic heterocycles. The van der Waals surface area contributed by atoms with E-state index in [1.165, 1.54) is 18.2 Å². The Balaban J connectivity index is 2.12. The van der Waals surface area contributed by atoms with Gasteiger partial charge in [-0.1, -0.05) is 28.1 Å². The third-order valence-electron chi connectivity index (χ3n) is 3.49. The van der Waals surface area contributed by atoms with Gasteiger partial charge in [-0.3, -0.25) is 14.9 Å². The maximum atomic E-state index is 12.9. The summed E-state index contributed by atoms with van der Waals surface area (Å²) in [7, 11) is 0. The third-order valence-corrected chi connectivity index (χ3v) is 3.99. The van der Waals surface area contributed by atoms with Gasteiger partial charge in [0.2, 0.25) is 5.91 Å². The number of halogens is 2. The van der Waals surface area contributed by atoms with Crippen LogP contribution in [0.15, 0.2) is 46.9 Å². The number of benzene rings is 2. The van der Waals surface area contributed by atoms with Gasteiger partial charge >= 0.3 is 0 Å². The van der Waals surface area contributed by atoms with Crippen LogP contribution in [0.25, 0.3) is 0 Å². The van der Waals surface area contributed by atoms with Gasteiger partial charge in [-0.2, -0.15) is 0 Å². The summed E-state index contributed by atoms with van der Waals surface area (Å²) in [6.45, 7) is 0.129. The number of nitrogens with two attached hydrogens (primary N) is 1. The Kier molecular flexibility index (Phi) is 5.86. The first kappa shape index (κ1) is 17.9. The van der Waals surface area contributed by atoms with Crippen LogP contribution >= 0.6 is 15.9 Å². The van der Waals surface area contributed by atoms with Gasteiger partial charge in [0.1, 0.15) is 11.5 Å². The number of anilines is 1. The van der Waals surface area contributed by atoms with Gasteiger partial charge in [0.05, 0.1) is 10.8 Å². The number of nitrogens with zero attached hydrogens (tertiary/aromatic N) is 1. The largest absolute Gasteiger partial charge is 0.379 e. The number of hydrogen-bond donors (Lipinski definition) is 2. The Labute approximate surface area is 146 Å². The summed E-state index contributed by atoms with van der Waals surface area (Å²) in [5, 5.41) is 14.0. The second-order valence-electron chi connectivity index (χ2n) is 5.23. The van der Waals surface area contributed by atoms with Crippen LogP contribution in [-0.2, 0) is 11.2 Å². The second-order valence-corrected chi connectivity index (χ2v) is 6.15. The number of hydrogen-bond acceptors (Lipinski definition) is 4. The number of carbonyl (C=O) groups excluding carboxylic acids is 1. The number of nitrogens with one attached hydrogen (secondary N) is 1. The molecule has 1 atom stereocenters. The molecular weight excluding hydrogens is 381 g/mol. The quantitative estimate of drug-likeness (QED) is 0.555. The van der Waals surface area contributed by atoms with Crippen molar-refractivity contribution < 1.29 is 14.1 Å². The summed E-state index contributed by atoms with van der Waals surface area (Å²) in [5.74, 6) is -1.49. The third kappa shape index (κ3) is 4.76. The SMILES string of the molecule is NC(=O)C(CNc1cc(Br)ccc1[N+](=O)[O-])Cc1ccc(F)cc1. The van der Waals surface area contributed by atoms with E-state index >= 15 is 0 Å². The molecule has 8 heteroatoms. The lowest BCUT2D eigenvalue weighted by atomic mass is 9.98. The minimum absolute atomic E-state index is 0.0943. The van der Waals surface area contributed by atoms with E-state index in [9.17, 15) is 19.3 Å². The first-order valence-electron chi connectivity index (χ1n) is 7.08. The highest BCUT2D eigenvalue weighted by atomic mass is 79.9. The average molecular weight is 396 g/mol. The molecule has 0 aliphatic carbocycles. The van der Waals surface area contributed by atoms with Crippen LogP contribution in [0.1, 0.15) is 5.56 Å². The van der Waals surface area contributed by atoms with Crippen molar-refractivity contribution in [3.05, 3.63) is 68.4 Å². The van der Waals surface area contributed by atoms with Crippen LogP contribution < -0.4 is 11.1 Å². The molecule has 3 N–H and O–H groups in total. The van der Waals surface area contributed by atoms with E-state index in [2.05, 4.69) is 21.2 Å². The number of carbonyl (C=O) groups is 1. The molecule has 0 bridgehead atoms. The van der Waals surface area contributed by atoms with E-state index in [0.717, 1.165) is 5.56 Å². The lowest BCUT2D eigenvalue weighted by molar-refractivity contribution is -0.384. The van der Waals surface area contributed by atoms with E-state index < -0.39 is 16.7 Å². The van der Waals surface area contributed by atoms with Crippen molar-refractivity contribution in [1.82, 2.24) is 0 Å². The summed E-state index contributed by atoms with van der Waals surface area (Å²) in [4.78, 5) is 22.2. The van der Waals surface area contributed by atoms with Crippen molar-refractivity contribution >= 4 is 33.2 Å². The number of primary amides is 1. The van der Waals surface area contributed by atoms with Gasteiger partial charge < -0.3 is 11.1 Å². The zero-order valence-electron chi connectivity index (χ0n) is 12.5. The molecule has 126 valence electrons. The lowest BCUT2D eigenvalue weighted by Crippen LogP contribution is -2.31. The van der Waals surface area contributed by atoms with Crippen LogP contribution in [0.3, 0.4) is 0 Å². The summed E-state index contributed by atoms with van der Waals surface area (Å²) in [6.07, 6.45) is 0.310. The van der Waals surface area contributed by atoms with Crippen molar-refractivity contribution in [1.29, 1.82) is 0 Å². The normalized spacial score (nSPS) is 11.8. The zero-order chi connectivity index (χ0) is 17.7. The molecule has 0 aromatic heterocycles. The van der Waals surface area contributed by atoms with Gasteiger partial charge in [0.15, 0.2) is 0 Å². The van der Waals surface area contributed by atoms with Crippen molar-refractivity contribution in [2.24, 2.45) is 11.7 Å². The van der Waals surface area contributed by atoms with Crippen molar-refractivity contribution in [3.8, 4) is 0 Å². The number of amides is 1. The summed E-state index contributed by atoms with van der Waals surface area (Å²) < 4.78 is 13.6. The first-order valence-corrected chi connectivity index (χ1v) is 7.87. The standard InChI is InChI=1S/C16H15BrFN3O3/c17-12-3-6-15(21(23)24)14(8-12)20-9-11(16(19)22)7-10-1-4-13(18)5-2-10/h1-6,8,11,20H,7,9H2,(H2,19,22). The summed E-state index contributed by atoms with van der Waals surface area (Å²) in [5.41, 5.74) is 6.36. The van der Waals surface area contributed by atoms with E-state index in [4.69, 9.17) is 5.73 Å². The smallest absolute Gasteiger partial charge is 0.292 e. The van der Waals surface area contributed by atoms with Crippen LogP contribution in [0.4, 0.5) is 15.8 Å². The van der Waals surface area contributed by atoms with Gasteiger partial charge in [0.25, 0.3) is 5.69 Å². The maximum absolute atomic E-state index is 12.9. The van der Waals surface area contributed by atoms with Crippen molar-refractivity contribution in [3.63, 3.8) is 0 Å². The second kappa shape index (κ2) is 7.87. The highest BCUT2D eigenvalue weighted by Crippen LogP contribution is 2.28. The number of rotatable bonds is 7. The Bertz CT molecular complexity index is 753. The molecule has 6 nitrogen and oxygen atoms in total. The van der Waals surface area contributed by atoms with Gasteiger partial charge in [-0.25, -0.2) is 4.39 Å². The molecule has 2 aromatic rings. The van der Waals surface area contributed by atoms with Crippen LogP contribution in [0.5, 0.6) is 0 Å². The minimum Gasteiger partial charge on any atom is -0.379 e. The minimum atomic E-state index is -0.589. The monoisotopic (exact) mass is 395 g/mol. The fourth-order valence-corrected chi connectivity index (χ4v) is 2.58. The zero-order valence-corrected chi connectivity index (χ0v) is 14.1. The fourth-order valence-electron chi connectivity index (χ4n) is 2.22. The molecule has 1 unspecified atom stereocenters. The Morgan fingerprint density at radius 1 is 1.29 bits per heavy atom. The molecule has 0 spiro atoms.